The normalized spacial score (nSPS) is 12.2. The van der Waals surface area contributed by atoms with Gasteiger partial charge in [0.1, 0.15) is 28.7 Å². The number of benzene rings is 9. The van der Waals surface area contributed by atoms with E-state index in [0.717, 1.165) is 50.2 Å². The zero-order chi connectivity index (χ0) is 84.0. The molecule has 0 aliphatic rings. The van der Waals surface area contributed by atoms with Gasteiger partial charge in [0.25, 0.3) is 11.8 Å². The van der Waals surface area contributed by atoms with Gasteiger partial charge in [-0.1, -0.05) is 66.7 Å². The molecule has 0 aliphatic carbocycles. The Kier molecular flexibility index (Phi) is 25.7. The Morgan fingerprint density at radius 3 is 0.857 bits per heavy atom. The summed E-state index contributed by atoms with van der Waals surface area (Å²) in [6, 6.07) is 29.9. The standard InChI is InChI=1S/C33H26F6N2O5.C26H22F6N2O3.C19H18F6N2O2/c1-18-4-9-23(31(32(34,35)36,33(37,38)39)24-10-15-29(44)28(17-24)40-20(3)43)16-27(18)41-30(45)22-7-13-26(14-8-22)46-25-11-5-21(6-12-25)19(2)42;1-14-7-8-18(12-20(14)34-23(37)17-6-4-5-16(11-17)15(2)35)24(25(27,28)29,26(30,31)32)19-9-10-22(36)21(13-19)33-3;1-10-4-5-12(8-14(10)27-11(2)28)17(18(20,21)22,19(23,24)25)13-6-7-16(29)15(9-13)26-3/h4-17,44H,1-3H3,(H,40,43)(H,41,45);4-13,33,36H,1-3H3,(H,34,37);4-9,26,29H,1-3H3,(H,27,28). The second kappa shape index (κ2) is 33.1. The van der Waals surface area contributed by atoms with Crippen LogP contribution in [0.1, 0.15) is 119 Å². The predicted molar refractivity (Wildman–Crippen MR) is 380 cm³/mol. The third-order valence-electron chi connectivity index (χ3n) is 17.7. The third kappa shape index (κ3) is 18.0. The molecular formula is C78H66F18N6O10. The molecule has 0 aliphatic heterocycles. The number of Topliss-reactive ketones (excluding diaryl/α,β-unsaturated/α-hetero) is 2. The summed E-state index contributed by atoms with van der Waals surface area (Å²) in [5.74, 6) is -4.62. The molecule has 9 aromatic rings. The molecule has 0 unspecified atom stereocenters. The Morgan fingerprint density at radius 1 is 0.295 bits per heavy atom. The number of phenolic OH excluding ortho intramolecular Hbond substituents is 3. The average Bonchev–Trinajstić information content (AvgIpc) is 0.725. The smallest absolute Gasteiger partial charge is 0.411 e. The van der Waals surface area contributed by atoms with Crippen molar-refractivity contribution in [2.45, 2.75) is 102 Å². The fourth-order valence-electron chi connectivity index (χ4n) is 11.9. The second-order valence-corrected chi connectivity index (χ2v) is 25.1. The van der Waals surface area contributed by atoms with Crippen LogP contribution in [0.15, 0.2) is 182 Å². The van der Waals surface area contributed by atoms with E-state index in [1.807, 2.05) is 5.32 Å². The number of ether oxygens (including phenoxy) is 1. The van der Waals surface area contributed by atoms with Crippen LogP contribution < -0.4 is 36.6 Å². The third-order valence-corrected chi connectivity index (χ3v) is 17.7. The number of nitrogens with one attached hydrogen (secondary N) is 6. The van der Waals surface area contributed by atoms with Gasteiger partial charge in [0, 0.05) is 67.3 Å². The molecule has 0 radical (unpaired) electrons. The quantitative estimate of drug-likeness (QED) is 0.0221. The van der Waals surface area contributed by atoms with Crippen molar-refractivity contribution in [3.05, 3.63) is 254 Å². The molecule has 0 atom stereocenters. The van der Waals surface area contributed by atoms with E-state index in [-0.39, 0.29) is 67.8 Å². The Morgan fingerprint density at radius 2 is 0.554 bits per heavy atom. The summed E-state index contributed by atoms with van der Waals surface area (Å²) in [5, 5.41) is 43.2. The summed E-state index contributed by atoms with van der Waals surface area (Å²) in [4.78, 5) is 71.7. The summed E-state index contributed by atoms with van der Waals surface area (Å²) >= 11 is 0. The summed E-state index contributed by atoms with van der Waals surface area (Å²) in [5.41, 5.74) is -21.3. The minimum absolute atomic E-state index is 0.00685. The number of aryl methyl sites for hydroxylation is 3. The molecule has 34 heteroatoms. The number of ketones is 2. The van der Waals surface area contributed by atoms with Crippen molar-refractivity contribution >= 4 is 69.3 Å². The maximum Gasteiger partial charge on any atom is 0.411 e. The average molecular weight is 1590 g/mol. The summed E-state index contributed by atoms with van der Waals surface area (Å²) < 4.78 is 267. The van der Waals surface area contributed by atoms with Crippen molar-refractivity contribution in [3.63, 3.8) is 0 Å². The minimum Gasteiger partial charge on any atom is -0.506 e. The van der Waals surface area contributed by atoms with Gasteiger partial charge in [-0.05, 0) is 200 Å². The molecule has 0 saturated carbocycles. The van der Waals surface area contributed by atoms with E-state index < -0.39 is 133 Å². The van der Waals surface area contributed by atoms with Crippen LogP contribution in [0.5, 0.6) is 28.7 Å². The number of anilines is 6. The first-order valence-corrected chi connectivity index (χ1v) is 32.6. The van der Waals surface area contributed by atoms with Crippen LogP contribution in [0.3, 0.4) is 0 Å². The number of carbonyl (C=O) groups excluding carboxylic acids is 6. The van der Waals surface area contributed by atoms with Crippen LogP contribution in [-0.2, 0) is 25.8 Å². The number of amides is 4. The van der Waals surface area contributed by atoms with Crippen LogP contribution in [0.4, 0.5) is 113 Å². The molecule has 0 spiro atoms. The van der Waals surface area contributed by atoms with Crippen molar-refractivity contribution < 1.29 is 128 Å². The van der Waals surface area contributed by atoms with Gasteiger partial charge < -0.3 is 52.0 Å². The van der Waals surface area contributed by atoms with Gasteiger partial charge in [0.2, 0.25) is 28.1 Å². The molecule has 0 aromatic heterocycles. The Labute approximate surface area is 625 Å². The van der Waals surface area contributed by atoms with Gasteiger partial charge in [0.15, 0.2) is 11.6 Å². The highest BCUT2D eigenvalue weighted by atomic mass is 19.4. The predicted octanol–water partition coefficient (Wildman–Crippen LogP) is 20.0. The maximum atomic E-state index is 14.8. The van der Waals surface area contributed by atoms with E-state index >= 15 is 0 Å². The highest BCUT2D eigenvalue weighted by Gasteiger charge is 2.75. The van der Waals surface area contributed by atoms with Crippen molar-refractivity contribution in [2.24, 2.45) is 0 Å². The van der Waals surface area contributed by atoms with Crippen molar-refractivity contribution in [3.8, 4) is 28.7 Å². The van der Waals surface area contributed by atoms with Gasteiger partial charge in [-0.2, -0.15) is 79.0 Å². The SMILES string of the molecule is CC(=O)Nc1cc(C(c2ccc(C)c(NC(=O)c3ccc(Oc4ccc(C(C)=O)cc4)cc3)c2)(C(F)(F)F)C(F)(F)F)ccc1O.CNc1cc(C(c2ccc(C)c(NC(=O)c3cccc(C(C)=O)c3)c2)(C(F)(F)F)C(F)(F)F)ccc1O.CNc1cc(C(c2ccc(C)c(NC(C)=O)c2)(C(F)(F)F)C(F)(F)F)ccc1O. The van der Waals surface area contributed by atoms with Crippen molar-refractivity contribution in [1.29, 1.82) is 0 Å². The first-order chi connectivity index (χ1) is 51.8. The number of aromatic hydroxyl groups is 3. The second-order valence-electron chi connectivity index (χ2n) is 25.1. The van der Waals surface area contributed by atoms with E-state index in [0.29, 0.717) is 95.4 Å². The molecular weight excluding hydrogens is 1520 g/mol. The molecule has 0 heterocycles. The lowest BCUT2D eigenvalue weighted by Gasteiger charge is -2.39. The first-order valence-electron chi connectivity index (χ1n) is 32.6. The first kappa shape index (κ1) is 87.0. The summed E-state index contributed by atoms with van der Waals surface area (Å²) in [7, 11) is 2.49. The van der Waals surface area contributed by atoms with E-state index in [1.54, 1.807) is 24.3 Å². The van der Waals surface area contributed by atoms with E-state index in [9.17, 15) is 123 Å². The molecule has 9 aromatic carbocycles. The fraction of sp³-hybridized carbons (Fsp3) is 0.231. The van der Waals surface area contributed by atoms with E-state index in [2.05, 4.69) is 26.6 Å². The van der Waals surface area contributed by atoms with Crippen LogP contribution in [0.2, 0.25) is 0 Å². The summed E-state index contributed by atoms with van der Waals surface area (Å²) in [6.07, 6.45) is -35.2. The minimum atomic E-state index is -5.96. The maximum absolute atomic E-state index is 14.8. The highest BCUT2D eigenvalue weighted by molar-refractivity contribution is 6.07. The molecule has 0 bridgehead atoms. The number of carbonyl (C=O) groups is 6. The highest BCUT2D eigenvalue weighted by Crippen LogP contribution is 2.61. The van der Waals surface area contributed by atoms with E-state index in [4.69, 9.17) is 4.74 Å². The molecule has 0 saturated heterocycles. The van der Waals surface area contributed by atoms with Gasteiger partial charge >= 0.3 is 37.1 Å². The molecule has 9 N–H and O–H groups in total. The molecule has 0 fully saturated rings. The van der Waals surface area contributed by atoms with Crippen LogP contribution in [0.25, 0.3) is 0 Å². The van der Waals surface area contributed by atoms with Crippen molar-refractivity contribution in [2.75, 3.05) is 46.0 Å². The Bertz CT molecular complexity index is 4970. The molecule has 112 heavy (non-hydrogen) atoms. The number of halogens is 18. The number of hydrogen-bond donors (Lipinski definition) is 9. The van der Waals surface area contributed by atoms with Gasteiger partial charge in [0.05, 0.1) is 17.1 Å². The van der Waals surface area contributed by atoms with E-state index in [1.165, 1.54) is 97.2 Å². The molecule has 9 rings (SSSR count). The van der Waals surface area contributed by atoms with Gasteiger partial charge in [-0.3, -0.25) is 28.8 Å². The molecule has 16 nitrogen and oxygen atoms in total. The Balaban J connectivity index is 0.000000240. The number of phenols is 3. The number of hydrogen-bond acceptors (Lipinski definition) is 12. The largest absolute Gasteiger partial charge is 0.506 e. The topological polar surface area (TPSA) is 245 Å². The fourth-order valence-corrected chi connectivity index (χ4v) is 11.9. The van der Waals surface area contributed by atoms with Crippen LogP contribution >= 0.6 is 0 Å². The monoisotopic (exact) mass is 1590 g/mol. The van der Waals surface area contributed by atoms with Crippen LogP contribution in [0, 0.1) is 20.8 Å². The molecule has 4 amide bonds. The van der Waals surface area contributed by atoms with Gasteiger partial charge in [-0.15, -0.1) is 0 Å². The lowest BCUT2D eigenvalue weighted by molar-refractivity contribution is -0.290. The lowest BCUT2D eigenvalue weighted by atomic mass is 9.72. The van der Waals surface area contributed by atoms with Crippen LogP contribution in [-0.4, -0.2) is 102 Å². The Hall–Kier alpha value is -12.3. The number of alkyl halides is 18. The zero-order valence-electron chi connectivity index (χ0n) is 59.8. The van der Waals surface area contributed by atoms with Crippen molar-refractivity contribution in [1.82, 2.24) is 0 Å². The lowest BCUT2D eigenvalue weighted by Crippen LogP contribution is -2.54. The zero-order valence-corrected chi connectivity index (χ0v) is 59.8. The van der Waals surface area contributed by atoms with Gasteiger partial charge in [-0.25, -0.2) is 0 Å². The summed E-state index contributed by atoms with van der Waals surface area (Å²) in [6.45, 7) is 9.00. The number of rotatable bonds is 18. The molecule has 594 valence electrons.